The molecule has 2 unspecified atom stereocenters. The van der Waals surface area contributed by atoms with Crippen LogP contribution < -0.4 is 5.32 Å². The van der Waals surface area contributed by atoms with Crippen LogP contribution in [0.3, 0.4) is 0 Å². The predicted octanol–water partition coefficient (Wildman–Crippen LogP) is 0.473. The van der Waals surface area contributed by atoms with Gasteiger partial charge in [-0.25, -0.2) is 0 Å². The van der Waals surface area contributed by atoms with Gasteiger partial charge >= 0.3 is 0 Å². The van der Waals surface area contributed by atoms with Crippen LogP contribution in [0.4, 0.5) is 0 Å². The van der Waals surface area contributed by atoms with Gasteiger partial charge in [-0.3, -0.25) is 4.90 Å². The number of nitrogens with zero attached hydrogens (tertiary/aromatic N) is 1. The van der Waals surface area contributed by atoms with Crippen molar-refractivity contribution in [3.63, 3.8) is 0 Å². The van der Waals surface area contributed by atoms with Crippen molar-refractivity contribution >= 4 is 0 Å². The van der Waals surface area contributed by atoms with E-state index >= 15 is 0 Å². The molecule has 0 aliphatic carbocycles. The highest BCUT2D eigenvalue weighted by Gasteiger charge is 2.31. The molecule has 0 bridgehead atoms. The molecule has 0 amide bonds. The molecule has 0 saturated carbocycles. The highest BCUT2D eigenvalue weighted by atomic mass is 16.5. The van der Waals surface area contributed by atoms with E-state index < -0.39 is 0 Å². The summed E-state index contributed by atoms with van der Waals surface area (Å²) in [7, 11) is 0. The van der Waals surface area contributed by atoms with Gasteiger partial charge in [-0.2, -0.15) is 0 Å². The highest BCUT2D eigenvalue weighted by Crippen LogP contribution is 2.17. The lowest BCUT2D eigenvalue weighted by molar-refractivity contribution is -0.105. The van der Waals surface area contributed by atoms with Crippen molar-refractivity contribution in [2.24, 2.45) is 0 Å². The smallest absolute Gasteiger partial charge is 0.0852 e. The van der Waals surface area contributed by atoms with Crippen LogP contribution >= 0.6 is 0 Å². The molecule has 2 aliphatic rings. The largest absolute Gasteiger partial charge is 0.374 e. The van der Waals surface area contributed by atoms with Crippen LogP contribution in [0.2, 0.25) is 0 Å². The first-order chi connectivity index (χ1) is 7.66. The number of hydrogen-bond acceptors (Lipinski definition) is 4. The van der Waals surface area contributed by atoms with Gasteiger partial charge in [-0.15, -0.1) is 0 Å². The summed E-state index contributed by atoms with van der Waals surface area (Å²) in [5.74, 6) is 0. The Morgan fingerprint density at radius 3 is 2.50 bits per heavy atom. The van der Waals surface area contributed by atoms with Crippen molar-refractivity contribution in [2.45, 2.75) is 45.1 Å². The van der Waals surface area contributed by atoms with Crippen molar-refractivity contribution in [1.29, 1.82) is 0 Å². The second-order valence-corrected chi connectivity index (χ2v) is 5.07. The van der Waals surface area contributed by atoms with Crippen molar-refractivity contribution in [1.82, 2.24) is 10.2 Å². The van der Waals surface area contributed by atoms with E-state index in [-0.39, 0.29) is 0 Å². The molecule has 4 nitrogen and oxygen atoms in total. The van der Waals surface area contributed by atoms with E-state index in [1.807, 2.05) is 0 Å². The van der Waals surface area contributed by atoms with Crippen LogP contribution in [0.25, 0.3) is 0 Å². The topological polar surface area (TPSA) is 33.7 Å². The summed E-state index contributed by atoms with van der Waals surface area (Å²) in [6, 6.07) is 0.474. The third kappa shape index (κ3) is 2.94. The Balaban J connectivity index is 1.89. The molecule has 4 heteroatoms. The van der Waals surface area contributed by atoms with Crippen LogP contribution in [0, 0.1) is 0 Å². The van der Waals surface area contributed by atoms with Crippen LogP contribution in [0.15, 0.2) is 0 Å². The second kappa shape index (κ2) is 5.45. The number of ether oxygens (including phenoxy) is 2. The molecule has 16 heavy (non-hydrogen) atoms. The summed E-state index contributed by atoms with van der Waals surface area (Å²) in [4.78, 5) is 2.50. The average molecular weight is 228 g/mol. The molecule has 0 spiro atoms. The fraction of sp³-hybridized carbons (Fsp3) is 1.00. The summed E-state index contributed by atoms with van der Waals surface area (Å²) in [5, 5.41) is 3.39. The Kier molecular flexibility index (Phi) is 4.19. The molecule has 2 rings (SSSR count). The quantitative estimate of drug-likeness (QED) is 0.745. The summed E-state index contributed by atoms with van der Waals surface area (Å²) in [6.45, 7) is 11.4. The van der Waals surface area contributed by atoms with Crippen molar-refractivity contribution in [3.05, 3.63) is 0 Å². The molecule has 2 saturated heterocycles. The van der Waals surface area contributed by atoms with Gasteiger partial charge < -0.3 is 14.8 Å². The van der Waals surface area contributed by atoms with Crippen molar-refractivity contribution in [2.75, 3.05) is 32.8 Å². The number of rotatable bonds is 2. The van der Waals surface area contributed by atoms with Crippen LogP contribution in [0.1, 0.15) is 20.8 Å². The lowest BCUT2D eigenvalue weighted by atomic mass is 10.1. The third-order valence-electron chi connectivity index (χ3n) is 3.52. The molecule has 0 aromatic heterocycles. The Hall–Kier alpha value is -0.160. The fourth-order valence-corrected chi connectivity index (χ4v) is 2.68. The van der Waals surface area contributed by atoms with E-state index in [9.17, 15) is 0 Å². The predicted molar refractivity (Wildman–Crippen MR) is 63.7 cm³/mol. The third-order valence-corrected chi connectivity index (χ3v) is 3.52. The SMILES string of the molecule is CC(C1CNCCO1)N1C[C@@H](C)O[C@@H](C)C1. The summed E-state index contributed by atoms with van der Waals surface area (Å²) < 4.78 is 11.6. The monoisotopic (exact) mass is 228 g/mol. The summed E-state index contributed by atoms with van der Waals surface area (Å²) in [5.41, 5.74) is 0. The molecule has 0 aromatic carbocycles. The Morgan fingerprint density at radius 1 is 1.25 bits per heavy atom. The number of morpholine rings is 2. The molecule has 0 radical (unpaired) electrons. The lowest BCUT2D eigenvalue weighted by Crippen LogP contribution is -2.56. The zero-order chi connectivity index (χ0) is 11.5. The van der Waals surface area contributed by atoms with Crippen molar-refractivity contribution in [3.8, 4) is 0 Å². The second-order valence-electron chi connectivity index (χ2n) is 5.07. The van der Waals surface area contributed by atoms with Gasteiger partial charge in [-0.05, 0) is 20.8 Å². The molecular formula is C12H24N2O2. The van der Waals surface area contributed by atoms with Gasteiger partial charge in [0.2, 0.25) is 0 Å². The van der Waals surface area contributed by atoms with E-state index in [2.05, 4.69) is 31.0 Å². The highest BCUT2D eigenvalue weighted by molar-refractivity contribution is 4.84. The minimum Gasteiger partial charge on any atom is -0.374 e. The molecule has 4 atom stereocenters. The van der Waals surface area contributed by atoms with E-state index in [1.165, 1.54) is 0 Å². The first-order valence-electron chi connectivity index (χ1n) is 6.38. The van der Waals surface area contributed by atoms with E-state index in [4.69, 9.17) is 9.47 Å². The summed E-state index contributed by atoms with van der Waals surface area (Å²) >= 11 is 0. The molecule has 1 N–H and O–H groups in total. The molecule has 2 fully saturated rings. The van der Waals surface area contributed by atoms with E-state index in [1.54, 1.807) is 0 Å². The molecule has 94 valence electrons. The molecule has 0 aromatic rings. The average Bonchev–Trinajstić information content (AvgIpc) is 2.28. The lowest BCUT2D eigenvalue weighted by Gasteiger charge is -2.42. The molecule has 2 aliphatic heterocycles. The maximum atomic E-state index is 5.82. The van der Waals surface area contributed by atoms with Gasteiger partial charge in [0.05, 0.1) is 24.9 Å². The van der Waals surface area contributed by atoms with Crippen LogP contribution in [-0.4, -0.2) is 62.0 Å². The maximum Gasteiger partial charge on any atom is 0.0852 e. The first-order valence-corrected chi connectivity index (χ1v) is 6.38. The Labute approximate surface area is 98.3 Å². The van der Waals surface area contributed by atoms with Crippen LogP contribution in [-0.2, 0) is 9.47 Å². The minimum atomic E-state index is 0.325. The molecular weight excluding hydrogens is 204 g/mol. The minimum absolute atomic E-state index is 0.325. The Bertz CT molecular complexity index is 209. The molecule has 2 heterocycles. The summed E-state index contributed by atoms with van der Waals surface area (Å²) in [6.07, 6.45) is 0.997. The standard InChI is InChI=1S/C12H24N2O2/c1-9-7-14(8-10(2)16-9)11(3)12-6-13-4-5-15-12/h9-13H,4-8H2,1-3H3/t9-,10+,11?,12?. The number of nitrogens with one attached hydrogen (secondary N) is 1. The van der Waals surface area contributed by atoms with E-state index in [0.29, 0.717) is 24.4 Å². The first kappa shape index (κ1) is 12.3. The zero-order valence-corrected chi connectivity index (χ0v) is 10.6. The van der Waals surface area contributed by atoms with Gasteiger partial charge in [0.1, 0.15) is 0 Å². The zero-order valence-electron chi connectivity index (χ0n) is 10.6. The Morgan fingerprint density at radius 2 is 1.94 bits per heavy atom. The number of hydrogen-bond donors (Lipinski definition) is 1. The van der Waals surface area contributed by atoms with E-state index in [0.717, 1.165) is 32.8 Å². The van der Waals surface area contributed by atoms with Crippen LogP contribution in [0.5, 0.6) is 0 Å². The van der Waals surface area contributed by atoms with Gasteiger partial charge in [0.15, 0.2) is 0 Å². The van der Waals surface area contributed by atoms with Crippen molar-refractivity contribution < 1.29 is 9.47 Å². The maximum absolute atomic E-state index is 5.82. The van der Waals surface area contributed by atoms with Gasteiger partial charge in [-0.1, -0.05) is 0 Å². The normalized spacial score (nSPS) is 39.6. The van der Waals surface area contributed by atoms with Gasteiger partial charge in [0.25, 0.3) is 0 Å². The fourth-order valence-electron chi connectivity index (χ4n) is 2.68. The van der Waals surface area contributed by atoms with Gasteiger partial charge in [0, 0.05) is 32.2 Å².